The average molecular weight is 404 g/mol. The molecule has 2 rings (SSSR count). The van der Waals surface area contributed by atoms with Crippen LogP contribution in [0.3, 0.4) is 0 Å². The zero-order chi connectivity index (χ0) is 17.1. The zero-order valence-corrected chi connectivity index (χ0v) is 16.0. The van der Waals surface area contributed by atoms with E-state index in [4.69, 9.17) is 10.2 Å². The number of halogens is 1. The minimum atomic E-state index is -0.324. The highest BCUT2D eigenvalue weighted by Gasteiger charge is 1.90. The van der Waals surface area contributed by atoms with Crippen molar-refractivity contribution in [2.45, 2.75) is 0 Å². The standard InChI is InChI=1S/2C6H7NO.C3H7NOS.BrH/c2*1-7-4-2-3-6(8)5-7;1-4(2)3(5)6;/h2*2-5H,1H3;1-2H3,(H,5,6);1H. The summed E-state index contributed by atoms with van der Waals surface area (Å²) in [7, 11) is 6.96. The molecule has 0 aliphatic heterocycles. The van der Waals surface area contributed by atoms with Crippen LogP contribution in [0.4, 0.5) is 4.79 Å². The second-order valence-corrected chi connectivity index (χ2v) is 4.96. The van der Waals surface area contributed by atoms with E-state index < -0.39 is 0 Å². The van der Waals surface area contributed by atoms with E-state index in [9.17, 15) is 4.79 Å². The van der Waals surface area contributed by atoms with Crippen molar-refractivity contribution in [3.8, 4) is 11.5 Å². The first kappa shape index (κ1) is 23.3. The average Bonchev–Trinajstić information content (AvgIpc) is 2.39. The Hall–Kier alpha value is -1.93. The van der Waals surface area contributed by atoms with E-state index in [1.54, 1.807) is 59.9 Å². The second kappa shape index (κ2) is 12.6. The lowest BCUT2D eigenvalue weighted by Crippen LogP contribution is -3.00. The van der Waals surface area contributed by atoms with Gasteiger partial charge >= 0.3 is 0 Å². The Morgan fingerprint density at radius 3 is 1.43 bits per heavy atom. The summed E-state index contributed by atoms with van der Waals surface area (Å²) in [5.74, 6) is 0.602. The van der Waals surface area contributed by atoms with E-state index in [2.05, 4.69) is 12.6 Å². The van der Waals surface area contributed by atoms with Gasteiger partial charge < -0.3 is 49.5 Å². The van der Waals surface area contributed by atoms with Gasteiger partial charge in [-0.3, -0.25) is 0 Å². The third-order valence-electron chi connectivity index (χ3n) is 2.21. The second-order valence-electron chi connectivity index (χ2n) is 4.62. The molecular formula is C15H22BrN3O3S. The summed E-state index contributed by atoms with van der Waals surface area (Å²) < 4.78 is 3.57. The minimum Gasteiger partial charge on any atom is -1.00 e. The highest BCUT2D eigenvalue weighted by atomic mass is 79.9. The van der Waals surface area contributed by atoms with Crippen molar-refractivity contribution in [3.05, 3.63) is 49.1 Å². The molecular weight excluding hydrogens is 382 g/mol. The molecule has 0 spiro atoms. The Morgan fingerprint density at radius 1 is 1.00 bits per heavy atom. The number of aryl methyl sites for hydroxylation is 2. The topological polar surface area (TPSA) is 68.5 Å². The number of hydrogen-bond acceptors (Lipinski definition) is 4. The SMILES string of the molecule is CN(C)C(=O)[S-].C[n+]1cccc(O)c1.C[n+]1cccc(O)c1.[Br-]. The first-order valence-corrected chi connectivity index (χ1v) is 6.80. The predicted octanol–water partition coefficient (Wildman–Crippen LogP) is -2.35. The molecule has 1 amide bonds. The normalized spacial score (nSPS) is 8.35. The summed E-state index contributed by atoms with van der Waals surface area (Å²) in [4.78, 5) is 11.2. The molecule has 0 fully saturated rings. The molecule has 0 atom stereocenters. The highest BCUT2D eigenvalue weighted by Crippen LogP contribution is 1.99. The van der Waals surface area contributed by atoms with Crippen LogP contribution in [-0.2, 0) is 26.7 Å². The Bertz CT molecular complexity index is 520. The van der Waals surface area contributed by atoms with Crippen LogP contribution in [0.2, 0.25) is 0 Å². The number of rotatable bonds is 0. The first-order valence-electron chi connectivity index (χ1n) is 6.39. The molecule has 0 aliphatic rings. The zero-order valence-electron chi connectivity index (χ0n) is 13.5. The highest BCUT2D eigenvalue weighted by molar-refractivity contribution is 7.76. The molecule has 0 radical (unpaired) electrons. The van der Waals surface area contributed by atoms with E-state index in [1.807, 2.05) is 26.5 Å². The fourth-order valence-electron chi connectivity index (χ4n) is 1.14. The Labute approximate surface area is 152 Å². The van der Waals surface area contributed by atoms with Gasteiger partial charge in [0.25, 0.3) is 0 Å². The molecule has 128 valence electrons. The van der Waals surface area contributed by atoms with Crippen molar-refractivity contribution in [2.24, 2.45) is 14.1 Å². The maximum Gasteiger partial charge on any atom is 0.210 e. The van der Waals surface area contributed by atoms with E-state index in [1.165, 1.54) is 4.90 Å². The van der Waals surface area contributed by atoms with Crippen LogP contribution < -0.4 is 26.1 Å². The molecule has 2 aromatic rings. The van der Waals surface area contributed by atoms with Crippen molar-refractivity contribution in [3.63, 3.8) is 0 Å². The molecule has 23 heavy (non-hydrogen) atoms. The van der Waals surface area contributed by atoms with Crippen LogP contribution in [-0.4, -0.2) is 34.4 Å². The number of hydrogen-bond donors (Lipinski definition) is 2. The van der Waals surface area contributed by atoms with Gasteiger partial charge in [-0.05, 0) is 12.1 Å². The summed E-state index contributed by atoms with van der Waals surface area (Å²) in [5, 5.41) is 17.3. The van der Waals surface area contributed by atoms with Gasteiger partial charge in [0, 0.05) is 26.2 Å². The summed E-state index contributed by atoms with van der Waals surface area (Å²) in [6.45, 7) is 0. The smallest absolute Gasteiger partial charge is 0.210 e. The van der Waals surface area contributed by atoms with Crippen LogP contribution in [0, 0.1) is 0 Å². The van der Waals surface area contributed by atoms with Gasteiger partial charge in [0.05, 0.1) is 0 Å². The summed E-state index contributed by atoms with van der Waals surface area (Å²) >= 11 is 4.19. The Kier molecular flexibility index (Phi) is 12.8. The molecule has 0 bridgehead atoms. The van der Waals surface area contributed by atoms with Crippen molar-refractivity contribution < 1.29 is 41.1 Å². The molecule has 2 aromatic heterocycles. The van der Waals surface area contributed by atoms with Crippen LogP contribution in [0.5, 0.6) is 11.5 Å². The lowest BCUT2D eigenvalue weighted by atomic mass is 10.5. The largest absolute Gasteiger partial charge is 1.00 e. The third kappa shape index (κ3) is 13.5. The predicted molar refractivity (Wildman–Crippen MR) is 85.0 cm³/mol. The molecule has 2 N–H and O–H groups in total. The molecule has 8 heteroatoms. The van der Waals surface area contributed by atoms with Gasteiger partial charge in [0.1, 0.15) is 19.3 Å². The monoisotopic (exact) mass is 403 g/mol. The van der Waals surface area contributed by atoms with Gasteiger partial charge in [-0.2, -0.15) is 0 Å². The summed E-state index contributed by atoms with van der Waals surface area (Å²) in [5.41, 5.74) is 0. The van der Waals surface area contributed by atoms with Crippen molar-refractivity contribution >= 4 is 17.9 Å². The Morgan fingerprint density at radius 2 is 1.30 bits per heavy atom. The lowest BCUT2D eigenvalue weighted by molar-refractivity contribution is -0.671. The number of carbonyl (C=O) groups excluding carboxylic acids is 1. The number of pyridine rings is 2. The quantitative estimate of drug-likeness (QED) is 0.381. The first-order chi connectivity index (χ1) is 10.2. The number of aromatic hydroxyl groups is 2. The van der Waals surface area contributed by atoms with E-state index in [0.717, 1.165) is 0 Å². The van der Waals surface area contributed by atoms with Gasteiger partial charge in [0.15, 0.2) is 23.9 Å². The molecule has 0 saturated carbocycles. The van der Waals surface area contributed by atoms with Crippen LogP contribution in [0.1, 0.15) is 0 Å². The summed E-state index contributed by atoms with van der Waals surface area (Å²) in [6, 6.07) is 6.85. The van der Waals surface area contributed by atoms with Gasteiger partial charge in [-0.1, -0.05) is 0 Å². The minimum absolute atomic E-state index is 0. The lowest BCUT2D eigenvalue weighted by Gasteiger charge is -2.12. The van der Waals surface area contributed by atoms with Crippen LogP contribution in [0.15, 0.2) is 49.1 Å². The molecule has 0 aliphatic carbocycles. The fraction of sp³-hybridized carbons (Fsp3) is 0.267. The van der Waals surface area contributed by atoms with Gasteiger partial charge in [-0.25, -0.2) is 9.13 Å². The molecule has 6 nitrogen and oxygen atoms in total. The molecule has 0 aromatic carbocycles. The summed E-state index contributed by atoms with van der Waals surface area (Å²) in [6.07, 6.45) is 7.00. The third-order valence-corrected chi connectivity index (χ3v) is 2.58. The van der Waals surface area contributed by atoms with E-state index in [-0.39, 0.29) is 22.2 Å². The van der Waals surface area contributed by atoms with Crippen molar-refractivity contribution in [2.75, 3.05) is 14.1 Å². The van der Waals surface area contributed by atoms with Crippen LogP contribution >= 0.6 is 0 Å². The number of amides is 1. The number of aromatic nitrogens is 2. The number of carbonyl (C=O) groups is 1. The van der Waals surface area contributed by atoms with Gasteiger partial charge in [-0.15, -0.1) is 0 Å². The number of nitrogens with zero attached hydrogens (tertiary/aromatic N) is 3. The maximum atomic E-state index is 9.88. The van der Waals surface area contributed by atoms with Crippen molar-refractivity contribution in [1.29, 1.82) is 0 Å². The molecule has 0 unspecified atom stereocenters. The maximum absolute atomic E-state index is 9.88. The Balaban J connectivity index is 0. The van der Waals surface area contributed by atoms with E-state index in [0.29, 0.717) is 11.5 Å². The van der Waals surface area contributed by atoms with Crippen molar-refractivity contribution in [1.82, 2.24) is 4.90 Å². The molecule has 0 saturated heterocycles. The van der Waals surface area contributed by atoms with E-state index >= 15 is 0 Å². The fourth-order valence-corrected chi connectivity index (χ4v) is 1.14. The molecule has 2 heterocycles. The van der Waals surface area contributed by atoms with Crippen LogP contribution in [0.25, 0.3) is 0 Å². The van der Waals surface area contributed by atoms with Gasteiger partial charge in [0.2, 0.25) is 12.4 Å².